The highest BCUT2D eigenvalue weighted by Gasteiger charge is 2.07. The van der Waals surface area contributed by atoms with Crippen molar-refractivity contribution in [2.75, 3.05) is 0 Å². The molecule has 2 aromatic heterocycles. The van der Waals surface area contributed by atoms with Crippen molar-refractivity contribution >= 4 is 5.97 Å². The Morgan fingerprint density at radius 1 is 1.18 bits per heavy atom. The first-order valence-corrected chi connectivity index (χ1v) is 4.71. The summed E-state index contributed by atoms with van der Waals surface area (Å²) in [4.78, 5) is 10.2. The molecule has 0 aliphatic heterocycles. The van der Waals surface area contributed by atoms with Gasteiger partial charge in [0.15, 0.2) is 0 Å². The van der Waals surface area contributed by atoms with Crippen LogP contribution in [0.5, 0.6) is 0 Å². The van der Waals surface area contributed by atoms with Gasteiger partial charge in [-0.15, -0.1) is 0 Å². The lowest BCUT2D eigenvalue weighted by Crippen LogP contribution is -1.91. The van der Waals surface area contributed by atoms with Gasteiger partial charge >= 0.3 is 5.97 Å². The van der Waals surface area contributed by atoms with Crippen molar-refractivity contribution in [1.82, 2.24) is 0 Å². The molecule has 0 bridgehead atoms. The molecule has 0 radical (unpaired) electrons. The zero-order valence-corrected chi connectivity index (χ0v) is 8.87. The maximum Gasteiger partial charge on any atom is 0.371 e. The Morgan fingerprint density at radius 3 is 2.18 bits per heavy atom. The van der Waals surface area contributed by atoms with E-state index in [2.05, 4.69) is 8.83 Å². The van der Waals surface area contributed by atoms with Crippen molar-refractivity contribution in [2.24, 2.45) is 0 Å². The molecule has 0 aromatic carbocycles. The molecule has 0 spiro atoms. The molecule has 3 N–H and O–H groups in total. The van der Waals surface area contributed by atoms with Gasteiger partial charge in [0.2, 0.25) is 5.76 Å². The van der Waals surface area contributed by atoms with Gasteiger partial charge in [0, 0.05) is 11.1 Å². The number of furan rings is 2. The van der Waals surface area contributed by atoms with Crippen molar-refractivity contribution in [3.8, 4) is 0 Å². The van der Waals surface area contributed by atoms with Gasteiger partial charge in [0.1, 0.15) is 0 Å². The molecular weight excluding hydrogens is 228 g/mol. The topological polar surface area (TPSA) is 104 Å². The third-order valence-electron chi connectivity index (χ3n) is 1.81. The number of aromatic carboxylic acids is 1. The Hall–Kier alpha value is -2.05. The molecule has 2 aromatic rings. The van der Waals surface area contributed by atoms with Gasteiger partial charge < -0.3 is 24.2 Å². The van der Waals surface area contributed by atoms with Gasteiger partial charge in [-0.2, -0.15) is 0 Å². The van der Waals surface area contributed by atoms with Crippen molar-refractivity contribution in [3.63, 3.8) is 0 Å². The van der Waals surface area contributed by atoms with E-state index in [1.165, 1.54) is 24.9 Å². The predicted octanol–water partition coefficient (Wildman–Crippen LogP) is 1.24. The predicted molar refractivity (Wildman–Crippen MR) is 56.2 cm³/mol. The van der Waals surface area contributed by atoms with E-state index in [1.54, 1.807) is 6.07 Å². The summed E-state index contributed by atoms with van der Waals surface area (Å²) in [5.74, 6) is -1.27. The summed E-state index contributed by atoms with van der Waals surface area (Å²) in [7, 11) is 0. The van der Waals surface area contributed by atoms with Crippen LogP contribution < -0.4 is 0 Å². The maximum atomic E-state index is 10.2. The average molecular weight is 240 g/mol. The summed E-state index contributed by atoms with van der Waals surface area (Å²) in [6, 6.07) is 3.00. The molecule has 17 heavy (non-hydrogen) atoms. The normalized spacial score (nSPS) is 9.53. The summed E-state index contributed by atoms with van der Waals surface area (Å²) in [5.41, 5.74) is 1.29. The summed E-state index contributed by atoms with van der Waals surface area (Å²) in [6.07, 6.45) is 4.26. The van der Waals surface area contributed by atoms with Gasteiger partial charge in [-0.25, -0.2) is 4.79 Å². The SMILES string of the molecule is O=C(O)c1cc(CO)co1.OCc1ccoc1. The van der Waals surface area contributed by atoms with Crippen LogP contribution in [0.25, 0.3) is 0 Å². The Labute approximate surface area is 96.7 Å². The molecular formula is C11H12O6. The third-order valence-corrected chi connectivity index (χ3v) is 1.81. The molecule has 0 saturated carbocycles. The zero-order chi connectivity index (χ0) is 12.7. The molecule has 0 atom stereocenters. The third kappa shape index (κ3) is 4.13. The summed E-state index contributed by atoms with van der Waals surface area (Å²) < 4.78 is 9.20. The second-order valence-electron chi connectivity index (χ2n) is 3.07. The lowest BCUT2D eigenvalue weighted by atomic mass is 10.3. The smallest absolute Gasteiger partial charge is 0.371 e. The van der Waals surface area contributed by atoms with E-state index in [9.17, 15) is 4.79 Å². The molecule has 0 fully saturated rings. The van der Waals surface area contributed by atoms with Crippen LogP contribution >= 0.6 is 0 Å². The average Bonchev–Trinajstić information content (AvgIpc) is 3.01. The highest BCUT2D eigenvalue weighted by molar-refractivity contribution is 5.84. The Balaban J connectivity index is 0.000000181. The molecule has 6 heteroatoms. The standard InChI is InChI=1S/C6H6O4.C5H6O2/c7-2-4-1-5(6(8)9)10-3-4;6-3-5-1-2-7-4-5/h1,3,7H,2H2,(H,8,9);1-2,4,6H,3H2. The van der Waals surface area contributed by atoms with Crippen molar-refractivity contribution in [1.29, 1.82) is 0 Å². The van der Waals surface area contributed by atoms with Crippen LogP contribution in [-0.4, -0.2) is 21.3 Å². The summed E-state index contributed by atoms with van der Waals surface area (Å²) in [5, 5.41) is 25.2. The first-order valence-electron chi connectivity index (χ1n) is 4.71. The van der Waals surface area contributed by atoms with Crippen LogP contribution in [-0.2, 0) is 13.2 Å². The number of rotatable bonds is 3. The minimum atomic E-state index is -1.13. The van der Waals surface area contributed by atoms with Gasteiger partial charge in [-0.3, -0.25) is 0 Å². The first kappa shape index (κ1) is 13.0. The molecule has 0 saturated heterocycles. The minimum absolute atomic E-state index is 0.0660. The fourth-order valence-electron chi connectivity index (χ4n) is 0.953. The van der Waals surface area contributed by atoms with E-state index in [0.717, 1.165) is 5.56 Å². The van der Waals surface area contributed by atoms with E-state index >= 15 is 0 Å². The number of carboxylic acids is 1. The van der Waals surface area contributed by atoms with Gasteiger partial charge in [-0.1, -0.05) is 0 Å². The number of aliphatic hydroxyl groups is 2. The summed E-state index contributed by atoms with van der Waals surface area (Å²) in [6.45, 7) is -0.132. The molecule has 2 heterocycles. The van der Waals surface area contributed by atoms with E-state index in [1.807, 2.05) is 0 Å². The molecule has 6 nitrogen and oxygen atoms in total. The molecule has 0 unspecified atom stereocenters. The van der Waals surface area contributed by atoms with Crippen LogP contribution in [0.2, 0.25) is 0 Å². The van der Waals surface area contributed by atoms with Gasteiger partial charge in [0.25, 0.3) is 0 Å². The van der Waals surface area contributed by atoms with Crippen LogP contribution in [0.4, 0.5) is 0 Å². The van der Waals surface area contributed by atoms with E-state index in [0.29, 0.717) is 5.56 Å². The fourth-order valence-corrected chi connectivity index (χ4v) is 0.953. The lowest BCUT2D eigenvalue weighted by molar-refractivity contribution is 0.0662. The lowest BCUT2D eigenvalue weighted by Gasteiger charge is -1.80. The van der Waals surface area contributed by atoms with Crippen molar-refractivity contribution in [2.45, 2.75) is 13.2 Å². The van der Waals surface area contributed by atoms with Crippen LogP contribution in [0.1, 0.15) is 21.7 Å². The highest BCUT2D eigenvalue weighted by atomic mass is 16.4. The molecule has 2 rings (SSSR count). The number of aliphatic hydroxyl groups excluding tert-OH is 2. The first-order chi connectivity index (χ1) is 8.17. The largest absolute Gasteiger partial charge is 0.475 e. The van der Waals surface area contributed by atoms with E-state index in [-0.39, 0.29) is 19.0 Å². The van der Waals surface area contributed by atoms with Crippen LogP contribution in [0.15, 0.2) is 39.8 Å². The Bertz CT molecular complexity index is 442. The second kappa shape index (κ2) is 6.51. The Morgan fingerprint density at radius 2 is 1.88 bits per heavy atom. The quantitative estimate of drug-likeness (QED) is 0.745. The van der Waals surface area contributed by atoms with E-state index in [4.69, 9.17) is 15.3 Å². The summed E-state index contributed by atoms with van der Waals surface area (Å²) >= 11 is 0. The number of carboxylic acid groups (broad SMARTS) is 1. The minimum Gasteiger partial charge on any atom is -0.475 e. The van der Waals surface area contributed by atoms with Crippen LogP contribution in [0, 0.1) is 0 Å². The molecule has 0 amide bonds. The number of hydrogen-bond acceptors (Lipinski definition) is 5. The van der Waals surface area contributed by atoms with Crippen LogP contribution in [0.3, 0.4) is 0 Å². The van der Waals surface area contributed by atoms with E-state index < -0.39 is 5.97 Å². The van der Waals surface area contributed by atoms with Crippen molar-refractivity contribution < 1.29 is 28.9 Å². The number of hydrogen-bond donors (Lipinski definition) is 3. The fraction of sp³-hybridized carbons (Fsp3) is 0.182. The zero-order valence-electron chi connectivity index (χ0n) is 8.87. The molecule has 92 valence electrons. The van der Waals surface area contributed by atoms with Gasteiger partial charge in [0.05, 0.1) is 32.0 Å². The van der Waals surface area contributed by atoms with Crippen molar-refractivity contribution in [3.05, 3.63) is 47.8 Å². The maximum absolute atomic E-state index is 10.2. The second-order valence-corrected chi connectivity index (χ2v) is 3.07. The highest BCUT2D eigenvalue weighted by Crippen LogP contribution is 2.06. The molecule has 0 aliphatic carbocycles. The number of carbonyl (C=O) groups is 1. The Kier molecular flexibility index (Phi) is 4.99. The van der Waals surface area contributed by atoms with Gasteiger partial charge in [-0.05, 0) is 12.1 Å². The molecule has 0 aliphatic rings. The monoisotopic (exact) mass is 240 g/mol.